The van der Waals surface area contributed by atoms with Crippen LogP contribution < -0.4 is 11.3 Å². The smallest absolute Gasteiger partial charge is 0.123 e. The molecule has 16 heavy (non-hydrogen) atoms. The lowest BCUT2D eigenvalue weighted by Crippen LogP contribution is -2.37. The lowest BCUT2D eigenvalue weighted by Gasteiger charge is -2.25. The Morgan fingerprint density at radius 3 is 2.44 bits per heavy atom. The summed E-state index contributed by atoms with van der Waals surface area (Å²) in [5.41, 5.74) is 3.66. The van der Waals surface area contributed by atoms with Gasteiger partial charge in [-0.1, -0.05) is 25.5 Å². The zero-order valence-corrected chi connectivity index (χ0v) is 9.74. The first-order chi connectivity index (χ1) is 7.72. The SMILES string of the molecule is CCCC(OC)C(NN)c1ccc(F)cc1. The van der Waals surface area contributed by atoms with Crippen molar-refractivity contribution in [3.8, 4) is 0 Å². The summed E-state index contributed by atoms with van der Waals surface area (Å²) >= 11 is 0. The van der Waals surface area contributed by atoms with Crippen LogP contribution in [-0.4, -0.2) is 13.2 Å². The monoisotopic (exact) mass is 226 g/mol. The predicted molar refractivity (Wildman–Crippen MR) is 62.2 cm³/mol. The molecule has 1 aromatic carbocycles. The Kier molecular flexibility index (Phi) is 5.38. The number of methoxy groups -OCH3 is 1. The number of hydrogen-bond acceptors (Lipinski definition) is 3. The molecule has 0 saturated heterocycles. The zero-order valence-electron chi connectivity index (χ0n) is 9.74. The van der Waals surface area contributed by atoms with Crippen LogP contribution in [0.5, 0.6) is 0 Å². The molecular weight excluding hydrogens is 207 g/mol. The normalized spacial score (nSPS) is 14.8. The molecule has 4 heteroatoms. The van der Waals surface area contributed by atoms with Crippen LogP contribution in [0.25, 0.3) is 0 Å². The van der Waals surface area contributed by atoms with Gasteiger partial charge in [-0.05, 0) is 24.1 Å². The lowest BCUT2D eigenvalue weighted by atomic mass is 9.99. The lowest BCUT2D eigenvalue weighted by molar-refractivity contribution is 0.0606. The molecule has 2 unspecified atom stereocenters. The van der Waals surface area contributed by atoms with E-state index in [1.165, 1.54) is 12.1 Å². The topological polar surface area (TPSA) is 47.3 Å². The zero-order chi connectivity index (χ0) is 12.0. The molecule has 1 aromatic rings. The maximum absolute atomic E-state index is 12.8. The third-order valence-corrected chi connectivity index (χ3v) is 2.66. The van der Waals surface area contributed by atoms with Gasteiger partial charge in [0.1, 0.15) is 5.82 Å². The van der Waals surface area contributed by atoms with Crippen LogP contribution in [0.3, 0.4) is 0 Å². The van der Waals surface area contributed by atoms with E-state index in [1.54, 1.807) is 19.2 Å². The molecule has 0 aliphatic heterocycles. The largest absolute Gasteiger partial charge is 0.379 e. The number of nitrogens with two attached hydrogens (primary N) is 1. The Bertz CT molecular complexity index is 302. The Balaban J connectivity index is 2.83. The first-order valence-electron chi connectivity index (χ1n) is 5.47. The van der Waals surface area contributed by atoms with Crippen LogP contribution in [-0.2, 0) is 4.74 Å². The molecule has 0 fully saturated rings. The Morgan fingerprint density at radius 1 is 1.38 bits per heavy atom. The maximum atomic E-state index is 12.8. The number of halogens is 1. The highest BCUT2D eigenvalue weighted by molar-refractivity contribution is 5.20. The van der Waals surface area contributed by atoms with E-state index in [0.29, 0.717) is 0 Å². The Morgan fingerprint density at radius 2 is 2.00 bits per heavy atom. The summed E-state index contributed by atoms with van der Waals surface area (Å²) in [5, 5.41) is 0. The molecule has 1 rings (SSSR count). The van der Waals surface area contributed by atoms with Crippen LogP contribution >= 0.6 is 0 Å². The van der Waals surface area contributed by atoms with Crippen molar-refractivity contribution in [1.82, 2.24) is 5.43 Å². The average Bonchev–Trinajstić information content (AvgIpc) is 2.31. The fourth-order valence-electron chi connectivity index (χ4n) is 1.79. The van der Waals surface area contributed by atoms with Crippen LogP contribution in [0.4, 0.5) is 4.39 Å². The number of nitrogens with one attached hydrogen (secondary N) is 1. The highest BCUT2D eigenvalue weighted by atomic mass is 19.1. The Labute approximate surface area is 95.8 Å². The molecular formula is C12H19FN2O. The van der Waals surface area contributed by atoms with Crippen LogP contribution in [0.15, 0.2) is 24.3 Å². The third kappa shape index (κ3) is 3.27. The molecule has 0 bridgehead atoms. The molecule has 0 amide bonds. The molecule has 0 spiro atoms. The average molecular weight is 226 g/mol. The van der Waals surface area contributed by atoms with Crippen LogP contribution in [0.2, 0.25) is 0 Å². The third-order valence-electron chi connectivity index (χ3n) is 2.66. The number of hydrogen-bond donors (Lipinski definition) is 2. The summed E-state index contributed by atoms with van der Waals surface area (Å²) in [6.45, 7) is 2.09. The van der Waals surface area contributed by atoms with Crippen molar-refractivity contribution in [2.45, 2.75) is 31.9 Å². The van der Waals surface area contributed by atoms with Crippen molar-refractivity contribution < 1.29 is 9.13 Å². The maximum Gasteiger partial charge on any atom is 0.123 e. The highest BCUT2D eigenvalue weighted by Crippen LogP contribution is 2.21. The minimum absolute atomic E-state index is 0.000427. The van der Waals surface area contributed by atoms with Gasteiger partial charge in [0.2, 0.25) is 0 Å². The number of rotatable bonds is 6. The van der Waals surface area contributed by atoms with Gasteiger partial charge in [-0.2, -0.15) is 0 Å². The molecule has 0 aromatic heterocycles. The predicted octanol–water partition coefficient (Wildman–Crippen LogP) is 2.15. The van der Waals surface area contributed by atoms with E-state index >= 15 is 0 Å². The molecule has 0 radical (unpaired) electrons. The van der Waals surface area contributed by atoms with Gasteiger partial charge in [0, 0.05) is 7.11 Å². The first kappa shape index (κ1) is 13.1. The van der Waals surface area contributed by atoms with E-state index in [2.05, 4.69) is 12.3 Å². The molecule has 0 saturated carbocycles. The molecule has 3 N–H and O–H groups in total. The second-order valence-corrected chi connectivity index (χ2v) is 3.76. The fraction of sp³-hybridized carbons (Fsp3) is 0.500. The summed E-state index contributed by atoms with van der Waals surface area (Å²) in [7, 11) is 1.66. The van der Waals surface area contributed by atoms with E-state index in [0.717, 1.165) is 18.4 Å². The standard InChI is InChI=1S/C12H19FN2O/c1-3-4-11(16-2)12(15-14)9-5-7-10(13)8-6-9/h5-8,11-12,15H,3-4,14H2,1-2H3. The van der Waals surface area contributed by atoms with E-state index < -0.39 is 0 Å². The minimum atomic E-state index is -0.246. The van der Waals surface area contributed by atoms with Gasteiger partial charge >= 0.3 is 0 Å². The van der Waals surface area contributed by atoms with Gasteiger partial charge in [0.15, 0.2) is 0 Å². The van der Waals surface area contributed by atoms with Crippen LogP contribution in [0, 0.1) is 5.82 Å². The van der Waals surface area contributed by atoms with Gasteiger partial charge in [-0.25, -0.2) is 4.39 Å². The van der Waals surface area contributed by atoms with Crippen molar-refractivity contribution in [2.75, 3.05) is 7.11 Å². The summed E-state index contributed by atoms with van der Waals surface area (Å²) in [6, 6.07) is 6.20. The fourth-order valence-corrected chi connectivity index (χ4v) is 1.79. The van der Waals surface area contributed by atoms with Crippen molar-refractivity contribution in [3.05, 3.63) is 35.6 Å². The van der Waals surface area contributed by atoms with E-state index in [1.807, 2.05) is 0 Å². The number of ether oxygens (including phenoxy) is 1. The summed E-state index contributed by atoms with van der Waals surface area (Å²) in [4.78, 5) is 0. The van der Waals surface area contributed by atoms with Gasteiger partial charge in [0.25, 0.3) is 0 Å². The number of hydrazine groups is 1. The van der Waals surface area contributed by atoms with Gasteiger partial charge in [-0.3, -0.25) is 11.3 Å². The summed E-state index contributed by atoms with van der Waals surface area (Å²) < 4.78 is 18.2. The summed E-state index contributed by atoms with van der Waals surface area (Å²) in [5.74, 6) is 5.28. The van der Waals surface area contributed by atoms with Crippen molar-refractivity contribution in [1.29, 1.82) is 0 Å². The van der Waals surface area contributed by atoms with Gasteiger partial charge in [-0.15, -0.1) is 0 Å². The van der Waals surface area contributed by atoms with E-state index in [9.17, 15) is 4.39 Å². The molecule has 2 atom stereocenters. The molecule has 90 valence electrons. The minimum Gasteiger partial charge on any atom is -0.379 e. The summed E-state index contributed by atoms with van der Waals surface area (Å²) in [6.07, 6.45) is 1.92. The second kappa shape index (κ2) is 6.58. The molecule has 0 aliphatic rings. The van der Waals surface area contributed by atoms with Gasteiger partial charge < -0.3 is 4.74 Å². The van der Waals surface area contributed by atoms with Gasteiger partial charge in [0.05, 0.1) is 12.1 Å². The molecule has 0 heterocycles. The van der Waals surface area contributed by atoms with Crippen molar-refractivity contribution in [2.24, 2.45) is 5.84 Å². The van der Waals surface area contributed by atoms with E-state index in [-0.39, 0.29) is 18.0 Å². The second-order valence-electron chi connectivity index (χ2n) is 3.76. The molecule has 0 aliphatic carbocycles. The quantitative estimate of drug-likeness (QED) is 0.577. The molecule has 3 nitrogen and oxygen atoms in total. The number of benzene rings is 1. The van der Waals surface area contributed by atoms with E-state index in [4.69, 9.17) is 10.6 Å². The Hall–Kier alpha value is -0.970. The van der Waals surface area contributed by atoms with Crippen LogP contribution in [0.1, 0.15) is 31.4 Å². The highest BCUT2D eigenvalue weighted by Gasteiger charge is 2.20. The first-order valence-corrected chi connectivity index (χ1v) is 5.47. The van der Waals surface area contributed by atoms with Crippen molar-refractivity contribution >= 4 is 0 Å². The van der Waals surface area contributed by atoms with Crippen molar-refractivity contribution in [3.63, 3.8) is 0 Å².